The number of amides is 1. The van der Waals surface area contributed by atoms with Crippen molar-refractivity contribution in [3.63, 3.8) is 0 Å². The molecule has 142 valence electrons. The van der Waals surface area contributed by atoms with E-state index in [1.54, 1.807) is 11.3 Å². The van der Waals surface area contributed by atoms with E-state index in [2.05, 4.69) is 99.7 Å². The maximum Gasteiger partial charge on any atom is 0.246 e. The topological polar surface area (TPSA) is 44.4 Å². The van der Waals surface area contributed by atoms with E-state index in [0.29, 0.717) is 0 Å². The van der Waals surface area contributed by atoms with E-state index in [9.17, 15) is 4.79 Å². The van der Waals surface area contributed by atoms with Gasteiger partial charge in [-0.1, -0.05) is 51.8 Å². The summed E-state index contributed by atoms with van der Waals surface area (Å²) >= 11 is 5.23. The third-order valence-electron chi connectivity index (χ3n) is 5.69. The summed E-state index contributed by atoms with van der Waals surface area (Å²) < 4.78 is 1.05. The maximum atomic E-state index is 13.4. The van der Waals surface area contributed by atoms with E-state index in [4.69, 9.17) is 0 Å². The first-order valence-electron chi connectivity index (χ1n) is 9.33. The molecular weight excluding hydrogens is 434 g/mol. The molecule has 2 fully saturated rings. The zero-order valence-corrected chi connectivity index (χ0v) is 17.7. The van der Waals surface area contributed by atoms with Gasteiger partial charge in [0.15, 0.2) is 0 Å². The molecule has 2 aliphatic heterocycles. The highest BCUT2D eigenvalue weighted by Crippen LogP contribution is 2.49. The number of carbonyl (C=O) groups is 1. The maximum absolute atomic E-state index is 13.4. The van der Waals surface area contributed by atoms with E-state index in [0.717, 1.165) is 10.2 Å². The molecule has 3 aromatic rings. The summed E-state index contributed by atoms with van der Waals surface area (Å²) in [5.41, 5.74) is 10.0. The van der Waals surface area contributed by atoms with Gasteiger partial charge in [-0.05, 0) is 48.2 Å². The summed E-state index contributed by atoms with van der Waals surface area (Å²) in [5, 5.41) is 2.09. The van der Waals surface area contributed by atoms with Crippen molar-refractivity contribution in [1.29, 1.82) is 0 Å². The summed E-state index contributed by atoms with van der Waals surface area (Å²) in [4.78, 5) is 16.6. The number of fused-ring (bicyclic) bond motifs is 1. The van der Waals surface area contributed by atoms with E-state index >= 15 is 0 Å². The van der Waals surface area contributed by atoms with E-state index < -0.39 is 0 Å². The molecule has 1 amide bonds. The lowest BCUT2D eigenvalue weighted by atomic mass is 9.86. The van der Waals surface area contributed by atoms with Crippen LogP contribution in [-0.4, -0.2) is 11.9 Å². The summed E-state index contributed by atoms with van der Waals surface area (Å²) in [6.07, 6.45) is 0. The second kappa shape index (κ2) is 7.12. The predicted molar refractivity (Wildman–Crippen MR) is 116 cm³/mol. The zero-order valence-electron chi connectivity index (χ0n) is 15.3. The lowest BCUT2D eigenvalue weighted by Gasteiger charge is -2.30. The standard InChI is InChI=1S/C22H20BrN3OS/c1-13-4-10-16(11-5-13)26-21(17-3-2-12-28-17)18-19(24-25-20(18)22(26)27)14-6-8-15(23)9-7-14/h2-12,18-21,24-25H,1H3. The van der Waals surface area contributed by atoms with E-state index in [1.165, 1.54) is 16.0 Å². The summed E-state index contributed by atoms with van der Waals surface area (Å²) in [7, 11) is 0. The Labute approximate surface area is 176 Å². The first kappa shape index (κ1) is 18.1. The van der Waals surface area contributed by atoms with Crippen LogP contribution in [0.25, 0.3) is 0 Å². The number of benzene rings is 2. The molecule has 1 aromatic heterocycles. The molecule has 0 saturated carbocycles. The van der Waals surface area contributed by atoms with Gasteiger partial charge in [0.05, 0.1) is 12.1 Å². The fraction of sp³-hybridized carbons (Fsp3) is 0.227. The molecule has 2 aromatic carbocycles. The first-order valence-corrected chi connectivity index (χ1v) is 11.0. The predicted octanol–water partition coefficient (Wildman–Crippen LogP) is 4.74. The number of hydrogen-bond donors (Lipinski definition) is 2. The van der Waals surface area contributed by atoms with Gasteiger partial charge in [-0.2, -0.15) is 0 Å². The van der Waals surface area contributed by atoms with Crippen LogP contribution in [0.2, 0.25) is 0 Å². The van der Waals surface area contributed by atoms with Crippen molar-refractivity contribution in [2.75, 3.05) is 4.90 Å². The third-order valence-corrected chi connectivity index (χ3v) is 7.16. The molecule has 4 atom stereocenters. The number of hydrazine groups is 1. The number of thiophene rings is 1. The van der Waals surface area contributed by atoms with Gasteiger partial charge in [-0.25, -0.2) is 10.9 Å². The lowest BCUT2D eigenvalue weighted by molar-refractivity contribution is -0.119. The highest BCUT2D eigenvalue weighted by atomic mass is 79.9. The molecule has 0 radical (unpaired) electrons. The zero-order chi connectivity index (χ0) is 19.3. The summed E-state index contributed by atoms with van der Waals surface area (Å²) in [6.45, 7) is 2.07. The van der Waals surface area contributed by atoms with Crippen molar-refractivity contribution in [2.45, 2.75) is 25.0 Å². The SMILES string of the molecule is Cc1ccc(N2C(=O)C3NNC(c4ccc(Br)cc4)C3C2c2cccs2)cc1. The number of halogens is 1. The molecule has 0 spiro atoms. The van der Waals surface area contributed by atoms with Crippen LogP contribution < -0.4 is 15.8 Å². The second-order valence-electron chi connectivity index (χ2n) is 7.38. The molecule has 2 aliphatic rings. The Kier molecular flexibility index (Phi) is 4.59. The van der Waals surface area contributed by atoms with Crippen LogP contribution in [0.15, 0.2) is 70.5 Å². The molecular formula is C22H20BrN3OS. The molecule has 6 heteroatoms. The van der Waals surface area contributed by atoms with Gasteiger partial charge in [0, 0.05) is 21.0 Å². The molecule has 28 heavy (non-hydrogen) atoms. The molecule has 3 heterocycles. The molecule has 2 saturated heterocycles. The number of aryl methyl sites for hydroxylation is 1. The smallest absolute Gasteiger partial charge is 0.246 e. The Morgan fingerprint density at radius 1 is 0.964 bits per heavy atom. The summed E-state index contributed by atoms with van der Waals surface area (Å²) in [5.74, 6) is 0.230. The van der Waals surface area contributed by atoms with Crippen LogP contribution in [0.1, 0.15) is 28.1 Å². The monoisotopic (exact) mass is 453 g/mol. The number of rotatable bonds is 3. The number of nitrogens with one attached hydrogen (secondary N) is 2. The van der Waals surface area contributed by atoms with Crippen LogP contribution in [-0.2, 0) is 4.79 Å². The van der Waals surface area contributed by atoms with Crippen molar-refractivity contribution < 1.29 is 4.79 Å². The van der Waals surface area contributed by atoms with Crippen molar-refractivity contribution in [1.82, 2.24) is 10.9 Å². The largest absolute Gasteiger partial charge is 0.302 e. The molecule has 4 unspecified atom stereocenters. The first-order chi connectivity index (χ1) is 13.6. The normalized spacial score (nSPS) is 26.6. The number of carbonyl (C=O) groups excluding carboxylic acids is 1. The number of hydrogen-bond acceptors (Lipinski definition) is 4. The minimum absolute atomic E-state index is 0.00338. The van der Waals surface area contributed by atoms with Crippen molar-refractivity contribution in [2.24, 2.45) is 5.92 Å². The minimum Gasteiger partial charge on any atom is -0.302 e. The Bertz CT molecular complexity index is 988. The van der Waals surface area contributed by atoms with Crippen molar-refractivity contribution >= 4 is 38.9 Å². The summed E-state index contributed by atoms with van der Waals surface area (Å²) in [6, 6.07) is 20.6. The van der Waals surface area contributed by atoms with E-state index in [1.807, 2.05) is 4.90 Å². The Morgan fingerprint density at radius 2 is 1.68 bits per heavy atom. The Hall–Kier alpha value is -1.99. The van der Waals surface area contributed by atoms with E-state index in [-0.39, 0.29) is 30.0 Å². The quantitative estimate of drug-likeness (QED) is 0.601. The van der Waals surface area contributed by atoms with Crippen molar-refractivity contribution in [3.8, 4) is 0 Å². The molecule has 2 N–H and O–H groups in total. The third kappa shape index (κ3) is 2.92. The highest BCUT2D eigenvalue weighted by Gasteiger charge is 2.56. The van der Waals surface area contributed by atoms with Gasteiger partial charge in [-0.3, -0.25) is 4.79 Å². The molecule has 4 nitrogen and oxygen atoms in total. The fourth-order valence-electron chi connectivity index (χ4n) is 4.36. The molecule has 5 rings (SSSR count). The van der Waals surface area contributed by atoms with Crippen LogP contribution in [0.4, 0.5) is 5.69 Å². The van der Waals surface area contributed by atoms with Gasteiger partial charge in [0.2, 0.25) is 5.91 Å². The van der Waals surface area contributed by atoms with Gasteiger partial charge in [0.1, 0.15) is 6.04 Å². The average Bonchev–Trinajstić information content (AvgIpc) is 3.42. The Balaban J connectivity index is 1.60. The average molecular weight is 454 g/mol. The molecule has 0 aliphatic carbocycles. The van der Waals surface area contributed by atoms with Gasteiger partial charge < -0.3 is 4.90 Å². The molecule has 0 bridgehead atoms. The number of nitrogens with zero attached hydrogens (tertiary/aromatic N) is 1. The van der Waals surface area contributed by atoms with Gasteiger partial charge in [0.25, 0.3) is 0 Å². The lowest BCUT2D eigenvalue weighted by Crippen LogP contribution is -2.41. The minimum atomic E-state index is -0.248. The Morgan fingerprint density at radius 3 is 2.36 bits per heavy atom. The highest BCUT2D eigenvalue weighted by molar-refractivity contribution is 9.10. The van der Waals surface area contributed by atoms with Gasteiger partial charge in [-0.15, -0.1) is 11.3 Å². The van der Waals surface area contributed by atoms with Crippen LogP contribution >= 0.6 is 27.3 Å². The van der Waals surface area contributed by atoms with Crippen LogP contribution in [0.5, 0.6) is 0 Å². The number of anilines is 1. The second-order valence-corrected chi connectivity index (χ2v) is 9.27. The fourth-order valence-corrected chi connectivity index (χ4v) is 5.50. The van der Waals surface area contributed by atoms with Crippen LogP contribution in [0, 0.1) is 12.8 Å². The van der Waals surface area contributed by atoms with Crippen molar-refractivity contribution in [3.05, 3.63) is 86.5 Å². The van der Waals surface area contributed by atoms with Crippen LogP contribution in [0.3, 0.4) is 0 Å². The van der Waals surface area contributed by atoms with Gasteiger partial charge >= 0.3 is 0 Å².